The van der Waals surface area contributed by atoms with Gasteiger partial charge in [-0.25, -0.2) is 0 Å². The lowest BCUT2D eigenvalue weighted by atomic mass is 9.67. The smallest absolute Gasteiger partial charge is 0.306 e. The van der Waals surface area contributed by atoms with Gasteiger partial charge in [-0.15, -0.1) is 0 Å². The standard InChI is InChI=1S/C8H13NO4/c1-13-7(10)5-8(3-2-4-8)6-9(11)12/h2-6H2,1H3. The quantitative estimate of drug-likeness (QED) is 0.374. The summed E-state index contributed by atoms with van der Waals surface area (Å²) >= 11 is 0. The Hall–Kier alpha value is -1.13. The van der Waals surface area contributed by atoms with Gasteiger partial charge >= 0.3 is 5.97 Å². The summed E-state index contributed by atoms with van der Waals surface area (Å²) in [5.74, 6) is -0.346. The highest BCUT2D eigenvalue weighted by atomic mass is 16.6. The van der Waals surface area contributed by atoms with Gasteiger partial charge in [0.15, 0.2) is 0 Å². The number of methoxy groups -OCH3 is 1. The third-order valence-corrected chi connectivity index (χ3v) is 2.63. The lowest BCUT2D eigenvalue weighted by Crippen LogP contribution is -2.38. The fourth-order valence-corrected chi connectivity index (χ4v) is 1.72. The van der Waals surface area contributed by atoms with E-state index in [2.05, 4.69) is 4.74 Å². The summed E-state index contributed by atoms with van der Waals surface area (Å²) in [7, 11) is 1.31. The molecule has 0 atom stereocenters. The molecular formula is C8H13NO4. The number of ether oxygens (including phenoxy) is 1. The number of hydrogen-bond acceptors (Lipinski definition) is 4. The minimum absolute atomic E-state index is 0.109. The van der Waals surface area contributed by atoms with Gasteiger partial charge in [0.25, 0.3) is 0 Å². The molecule has 0 unspecified atom stereocenters. The summed E-state index contributed by atoms with van der Waals surface area (Å²) in [4.78, 5) is 20.9. The second-order valence-corrected chi connectivity index (χ2v) is 3.60. The molecule has 1 aliphatic carbocycles. The second-order valence-electron chi connectivity index (χ2n) is 3.60. The maximum absolute atomic E-state index is 11.0. The average molecular weight is 187 g/mol. The first-order valence-corrected chi connectivity index (χ1v) is 4.27. The molecule has 0 aromatic carbocycles. The fraction of sp³-hybridized carbons (Fsp3) is 0.875. The van der Waals surface area contributed by atoms with Crippen LogP contribution in [0.5, 0.6) is 0 Å². The van der Waals surface area contributed by atoms with Gasteiger partial charge in [-0.2, -0.15) is 0 Å². The van der Waals surface area contributed by atoms with Crippen molar-refractivity contribution in [3.05, 3.63) is 10.1 Å². The van der Waals surface area contributed by atoms with E-state index in [4.69, 9.17) is 0 Å². The number of nitro groups is 1. The van der Waals surface area contributed by atoms with Crippen LogP contribution in [0.2, 0.25) is 0 Å². The van der Waals surface area contributed by atoms with Crippen LogP contribution >= 0.6 is 0 Å². The molecule has 0 aromatic rings. The monoisotopic (exact) mass is 187 g/mol. The van der Waals surface area contributed by atoms with Crippen LogP contribution in [0.1, 0.15) is 25.7 Å². The van der Waals surface area contributed by atoms with E-state index in [9.17, 15) is 14.9 Å². The van der Waals surface area contributed by atoms with Crippen molar-refractivity contribution in [2.45, 2.75) is 25.7 Å². The van der Waals surface area contributed by atoms with Crippen molar-refractivity contribution in [2.24, 2.45) is 5.41 Å². The van der Waals surface area contributed by atoms with Gasteiger partial charge in [0, 0.05) is 10.3 Å². The van der Waals surface area contributed by atoms with Gasteiger partial charge < -0.3 is 4.74 Å². The van der Waals surface area contributed by atoms with E-state index in [1.54, 1.807) is 0 Å². The van der Waals surface area contributed by atoms with Crippen molar-refractivity contribution in [1.29, 1.82) is 0 Å². The van der Waals surface area contributed by atoms with Crippen molar-refractivity contribution in [3.8, 4) is 0 Å². The number of nitrogens with zero attached hydrogens (tertiary/aromatic N) is 1. The summed E-state index contributed by atoms with van der Waals surface area (Å²) in [6, 6.07) is 0. The average Bonchev–Trinajstić information content (AvgIpc) is 1.99. The van der Waals surface area contributed by atoms with E-state index in [-0.39, 0.29) is 23.9 Å². The zero-order valence-electron chi connectivity index (χ0n) is 7.62. The number of esters is 1. The molecule has 1 saturated carbocycles. The van der Waals surface area contributed by atoms with Crippen LogP contribution in [-0.4, -0.2) is 24.5 Å². The maximum atomic E-state index is 11.0. The van der Waals surface area contributed by atoms with Crippen molar-refractivity contribution in [1.82, 2.24) is 0 Å². The predicted molar refractivity (Wildman–Crippen MR) is 44.8 cm³/mol. The van der Waals surface area contributed by atoms with Gasteiger partial charge in [-0.05, 0) is 12.8 Å². The molecule has 74 valence electrons. The molecule has 5 nitrogen and oxygen atoms in total. The van der Waals surface area contributed by atoms with Gasteiger partial charge in [-0.3, -0.25) is 14.9 Å². The number of hydrogen-bond donors (Lipinski definition) is 0. The Kier molecular flexibility index (Phi) is 2.85. The first-order chi connectivity index (χ1) is 6.08. The minimum Gasteiger partial charge on any atom is -0.469 e. The van der Waals surface area contributed by atoms with E-state index in [1.165, 1.54) is 7.11 Å². The molecular weight excluding hydrogens is 174 g/mol. The van der Waals surface area contributed by atoms with E-state index >= 15 is 0 Å². The largest absolute Gasteiger partial charge is 0.469 e. The predicted octanol–water partition coefficient (Wildman–Crippen LogP) is 0.997. The van der Waals surface area contributed by atoms with Crippen LogP contribution < -0.4 is 0 Å². The maximum Gasteiger partial charge on any atom is 0.306 e. The molecule has 0 radical (unpaired) electrons. The molecule has 0 aromatic heterocycles. The highest BCUT2D eigenvalue weighted by molar-refractivity contribution is 5.70. The van der Waals surface area contributed by atoms with Crippen LogP contribution in [0.25, 0.3) is 0 Å². The zero-order chi connectivity index (χ0) is 9.90. The second kappa shape index (κ2) is 3.72. The van der Waals surface area contributed by atoms with Crippen LogP contribution in [0.15, 0.2) is 0 Å². The molecule has 1 aliphatic rings. The summed E-state index contributed by atoms with van der Waals surface area (Å²) in [5, 5.41) is 10.3. The summed E-state index contributed by atoms with van der Waals surface area (Å²) < 4.78 is 4.50. The van der Waals surface area contributed by atoms with E-state index in [0.717, 1.165) is 19.3 Å². The summed E-state index contributed by atoms with van der Waals surface area (Å²) in [5.41, 5.74) is -0.406. The highest BCUT2D eigenvalue weighted by Gasteiger charge is 2.43. The first kappa shape index (κ1) is 9.95. The molecule has 0 heterocycles. The Morgan fingerprint density at radius 3 is 2.54 bits per heavy atom. The summed E-state index contributed by atoms with van der Waals surface area (Å²) in [6.45, 7) is -0.109. The Labute approximate surface area is 76.2 Å². The molecule has 0 aliphatic heterocycles. The molecule has 0 spiro atoms. The van der Waals surface area contributed by atoms with Crippen LogP contribution in [0.3, 0.4) is 0 Å². The topological polar surface area (TPSA) is 69.4 Å². The van der Waals surface area contributed by atoms with E-state index in [1.807, 2.05) is 0 Å². The van der Waals surface area contributed by atoms with Gasteiger partial charge in [0.1, 0.15) is 0 Å². The fourth-order valence-electron chi connectivity index (χ4n) is 1.72. The van der Waals surface area contributed by atoms with Gasteiger partial charge in [0.2, 0.25) is 6.54 Å². The zero-order valence-corrected chi connectivity index (χ0v) is 7.62. The Morgan fingerprint density at radius 2 is 2.23 bits per heavy atom. The third kappa shape index (κ3) is 2.40. The van der Waals surface area contributed by atoms with E-state index < -0.39 is 5.41 Å². The van der Waals surface area contributed by atoms with Crippen molar-refractivity contribution < 1.29 is 14.5 Å². The third-order valence-electron chi connectivity index (χ3n) is 2.63. The van der Waals surface area contributed by atoms with Crippen molar-refractivity contribution >= 4 is 5.97 Å². The molecule has 13 heavy (non-hydrogen) atoms. The Morgan fingerprint density at radius 1 is 1.62 bits per heavy atom. The molecule has 5 heteroatoms. The lowest BCUT2D eigenvalue weighted by molar-refractivity contribution is -0.501. The van der Waals surface area contributed by atoms with E-state index in [0.29, 0.717) is 0 Å². The normalized spacial score (nSPS) is 18.8. The SMILES string of the molecule is COC(=O)CC1(C[N+](=O)[O-])CCC1. The van der Waals surface area contributed by atoms with Crippen molar-refractivity contribution in [3.63, 3.8) is 0 Å². The van der Waals surface area contributed by atoms with Crippen LogP contribution in [0.4, 0.5) is 0 Å². The summed E-state index contributed by atoms with van der Waals surface area (Å²) in [6.07, 6.45) is 2.70. The van der Waals surface area contributed by atoms with Crippen LogP contribution in [-0.2, 0) is 9.53 Å². The number of carbonyl (C=O) groups is 1. The van der Waals surface area contributed by atoms with Crippen molar-refractivity contribution in [2.75, 3.05) is 13.7 Å². The molecule has 0 N–H and O–H groups in total. The Balaban J connectivity index is 2.49. The van der Waals surface area contributed by atoms with Gasteiger partial charge in [0.05, 0.1) is 13.5 Å². The van der Waals surface area contributed by atoms with Crippen LogP contribution in [0, 0.1) is 15.5 Å². The molecule has 0 bridgehead atoms. The minimum atomic E-state index is -0.406. The number of carbonyl (C=O) groups excluding carboxylic acids is 1. The molecule has 0 saturated heterocycles. The molecule has 1 fully saturated rings. The van der Waals surface area contributed by atoms with Gasteiger partial charge in [-0.1, -0.05) is 6.42 Å². The lowest BCUT2D eigenvalue weighted by Gasteiger charge is -2.37. The molecule has 1 rings (SSSR count). The number of rotatable bonds is 4. The Bertz CT molecular complexity index is 222. The first-order valence-electron chi connectivity index (χ1n) is 4.27. The highest BCUT2D eigenvalue weighted by Crippen LogP contribution is 2.44. The molecule has 0 amide bonds.